The first-order valence-corrected chi connectivity index (χ1v) is 7.19. The van der Waals surface area contributed by atoms with E-state index in [1.165, 1.54) is 36.9 Å². The van der Waals surface area contributed by atoms with Gasteiger partial charge in [-0.25, -0.2) is 0 Å². The van der Waals surface area contributed by atoms with E-state index in [-0.39, 0.29) is 0 Å². The van der Waals surface area contributed by atoms with E-state index in [0.29, 0.717) is 0 Å². The second kappa shape index (κ2) is 6.13. The number of nitrogens with zero attached hydrogens (tertiary/aromatic N) is 2. The van der Waals surface area contributed by atoms with Gasteiger partial charge >= 0.3 is 0 Å². The molecule has 2 aromatic rings. The van der Waals surface area contributed by atoms with E-state index in [1.807, 2.05) is 12.3 Å². The molecule has 100 valence electrons. The first-order chi connectivity index (χ1) is 9.43. The van der Waals surface area contributed by atoms with E-state index in [0.717, 1.165) is 25.2 Å². The van der Waals surface area contributed by atoms with Crippen molar-refractivity contribution in [1.29, 1.82) is 0 Å². The van der Waals surface area contributed by atoms with E-state index in [1.54, 1.807) is 0 Å². The smallest absolute Gasteiger partial charge is 0.0746 e. The molecule has 1 aliphatic heterocycles. The summed E-state index contributed by atoms with van der Waals surface area (Å²) in [7, 11) is 0. The molecular formula is C16H21N3. The van der Waals surface area contributed by atoms with Gasteiger partial charge < -0.3 is 10.2 Å². The zero-order valence-corrected chi connectivity index (χ0v) is 11.3. The highest BCUT2D eigenvalue weighted by atomic mass is 15.1. The van der Waals surface area contributed by atoms with Gasteiger partial charge in [0.15, 0.2) is 0 Å². The van der Waals surface area contributed by atoms with E-state index in [4.69, 9.17) is 0 Å². The summed E-state index contributed by atoms with van der Waals surface area (Å²) in [5.74, 6) is 0. The molecule has 0 unspecified atom stereocenters. The van der Waals surface area contributed by atoms with Crippen molar-refractivity contribution in [2.75, 3.05) is 26.2 Å². The van der Waals surface area contributed by atoms with Crippen LogP contribution < -0.4 is 5.32 Å². The zero-order valence-electron chi connectivity index (χ0n) is 11.3. The number of aromatic nitrogens is 1. The van der Waals surface area contributed by atoms with E-state index >= 15 is 0 Å². The molecule has 0 amide bonds. The van der Waals surface area contributed by atoms with Crippen LogP contribution in [0.25, 0.3) is 10.9 Å². The van der Waals surface area contributed by atoms with Crippen molar-refractivity contribution in [1.82, 2.24) is 15.2 Å². The normalized spacial score (nSPS) is 16.2. The molecule has 3 rings (SSSR count). The van der Waals surface area contributed by atoms with Crippen LogP contribution in [-0.2, 0) is 6.54 Å². The summed E-state index contributed by atoms with van der Waals surface area (Å²) in [5.41, 5.74) is 2.41. The largest absolute Gasteiger partial charge is 0.311 e. The van der Waals surface area contributed by atoms with E-state index in [2.05, 4.69) is 39.5 Å². The maximum absolute atomic E-state index is 4.49. The Hall–Kier alpha value is -1.45. The molecule has 3 nitrogen and oxygen atoms in total. The summed E-state index contributed by atoms with van der Waals surface area (Å²) >= 11 is 0. The Labute approximate surface area is 114 Å². The Morgan fingerprint density at radius 3 is 2.84 bits per heavy atom. The molecule has 0 spiro atoms. The second-order valence-corrected chi connectivity index (χ2v) is 5.22. The van der Waals surface area contributed by atoms with Crippen LogP contribution >= 0.6 is 0 Å². The molecular weight excluding hydrogens is 234 g/mol. The number of fused-ring (bicyclic) bond motifs is 1. The van der Waals surface area contributed by atoms with Gasteiger partial charge in [0.2, 0.25) is 0 Å². The summed E-state index contributed by atoms with van der Waals surface area (Å²) in [4.78, 5) is 7.02. The fourth-order valence-corrected chi connectivity index (χ4v) is 2.78. The first kappa shape index (κ1) is 12.6. The number of rotatable bonds is 5. The maximum Gasteiger partial charge on any atom is 0.0746 e. The lowest BCUT2D eigenvalue weighted by atomic mass is 10.1. The summed E-state index contributed by atoms with van der Waals surface area (Å²) in [6.45, 7) is 5.68. The highest BCUT2D eigenvalue weighted by molar-refractivity contribution is 5.81. The van der Waals surface area contributed by atoms with Crippen molar-refractivity contribution in [2.45, 2.75) is 19.4 Å². The fraction of sp³-hybridized carbons (Fsp3) is 0.438. The molecule has 1 saturated heterocycles. The van der Waals surface area contributed by atoms with Crippen molar-refractivity contribution in [2.24, 2.45) is 0 Å². The molecule has 0 aliphatic carbocycles. The Balaban J connectivity index is 1.56. The minimum Gasteiger partial charge on any atom is -0.311 e. The zero-order chi connectivity index (χ0) is 12.9. The number of likely N-dealkylation sites (tertiary alicyclic amines) is 1. The monoisotopic (exact) mass is 255 g/mol. The Bertz CT molecular complexity index is 527. The molecule has 1 aliphatic rings. The number of pyridine rings is 1. The predicted molar refractivity (Wildman–Crippen MR) is 79.1 cm³/mol. The van der Waals surface area contributed by atoms with Crippen molar-refractivity contribution in [3.8, 4) is 0 Å². The van der Waals surface area contributed by atoms with Crippen LogP contribution in [0.2, 0.25) is 0 Å². The predicted octanol–water partition coefficient (Wildman–Crippen LogP) is 2.42. The van der Waals surface area contributed by atoms with Gasteiger partial charge in [-0.3, -0.25) is 4.98 Å². The molecule has 1 aromatic carbocycles. The average Bonchev–Trinajstić information content (AvgIpc) is 2.97. The van der Waals surface area contributed by atoms with E-state index in [9.17, 15) is 0 Å². The van der Waals surface area contributed by atoms with Crippen LogP contribution in [0.4, 0.5) is 0 Å². The van der Waals surface area contributed by atoms with Crippen molar-refractivity contribution >= 4 is 10.9 Å². The first-order valence-electron chi connectivity index (χ1n) is 7.19. The van der Waals surface area contributed by atoms with Crippen LogP contribution in [0, 0.1) is 0 Å². The van der Waals surface area contributed by atoms with Gasteiger partial charge in [-0.2, -0.15) is 0 Å². The Kier molecular flexibility index (Phi) is 4.06. The van der Waals surface area contributed by atoms with Gasteiger partial charge in [0.1, 0.15) is 0 Å². The lowest BCUT2D eigenvalue weighted by Crippen LogP contribution is -2.29. The standard InChI is InChI=1S/C16H21N3/c1-2-11-19(10-1)12-9-17-13-15-6-3-5-14-7-4-8-18-16(14)15/h3-8,17H,1-2,9-13H2. The Morgan fingerprint density at radius 2 is 1.95 bits per heavy atom. The average molecular weight is 255 g/mol. The third kappa shape index (κ3) is 3.11. The lowest BCUT2D eigenvalue weighted by molar-refractivity contribution is 0.336. The molecule has 3 heteroatoms. The van der Waals surface area contributed by atoms with Crippen LogP contribution in [0.3, 0.4) is 0 Å². The SMILES string of the molecule is c1cnc2c(CNCCN3CCCC3)cccc2c1. The van der Waals surface area contributed by atoms with Crippen molar-refractivity contribution in [3.63, 3.8) is 0 Å². The third-order valence-corrected chi connectivity index (χ3v) is 3.84. The topological polar surface area (TPSA) is 28.2 Å². The number of hydrogen-bond acceptors (Lipinski definition) is 3. The van der Waals surface area contributed by atoms with Crippen molar-refractivity contribution in [3.05, 3.63) is 42.1 Å². The number of benzene rings is 1. The highest BCUT2D eigenvalue weighted by Crippen LogP contribution is 2.15. The summed E-state index contributed by atoms with van der Waals surface area (Å²) in [5, 5.41) is 4.76. The highest BCUT2D eigenvalue weighted by Gasteiger charge is 2.10. The molecule has 0 atom stereocenters. The summed E-state index contributed by atoms with van der Waals surface area (Å²) in [6.07, 6.45) is 4.61. The van der Waals surface area contributed by atoms with Crippen LogP contribution in [0.1, 0.15) is 18.4 Å². The molecule has 0 bridgehead atoms. The number of para-hydroxylation sites is 1. The van der Waals surface area contributed by atoms with Gasteiger partial charge in [0, 0.05) is 31.2 Å². The van der Waals surface area contributed by atoms with Gasteiger partial charge in [0.25, 0.3) is 0 Å². The molecule has 0 saturated carbocycles. The van der Waals surface area contributed by atoms with Gasteiger partial charge in [-0.05, 0) is 37.6 Å². The molecule has 1 fully saturated rings. The van der Waals surface area contributed by atoms with Crippen molar-refractivity contribution < 1.29 is 0 Å². The van der Waals surface area contributed by atoms with E-state index < -0.39 is 0 Å². The molecule has 1 aromatic heterocycles. The summed E-state index contributed by atoms with van der Waals surface area (Å²) in [6, 6.07) is 10.5. The molecule has 2 heterocycles. The minimum absolute atomic E-state index is 0.905. The number of nitrogens with one attached hydrogen (secondary N) is 1. The van der Waals surface area contributed by atoms with Crippen LogP contribution in [0.5, 0.6) is 0 Å². The van der Waals surface area contributed by atoms with Gasteiger partial charge in [-0.1, -0.05) is 24.3 Å². The molecule has 1 N–H and O–H groups in total. The Morgan fingerprint density at radius 1 is 1.11 bits per heavy atom. The fourth-order valence-electron chi connectivity index (χ4n) is 2.78. The molecule has 0 radical (unpaired) electrons. The van der Waals surface area contributed by atoms with Crippen LogP contribution in [-0.4, -0.2) is 36.1 Å². The van der Waals surface area contributed by atoms with Gasteiger partial charge in [0.05, 0.1) is 5.52 Å². The third-order valence-electron chi connectivity index (χ3n) is 3.84. The second-order valence-electron chi connectivity index (χ2n) is 5.22. The summed E-state index contributed by atoms with van der Waals surface area (Å²) < 4.78 is 0. The number of hydrogen-bond donors (Lipinski definition) is 1. The van der Waals surface area contributed by atoms with Gasteiger partial charge in [-0.15, -0.1) is 0 Å². The quantitative estimate of drug-likeness (QED) is 0.832. The molecule has 19 heavy (non-hydrogen) atoms. The lowest BCUT2D eigenvalue weighted by Gasteiger charge is -2.15. The minimum atomic E-state index is 0.905. The van der Waals surface area contributed by atoms with Crippen LogP contribution in [0.15, 0.2) is 36.5 Å². The maximum atomic E-state index is 4.49.